The maximum atomic E-state index is 13.5. The van der Waals surface area contributed by atoms with Crippen LogP contribution in [0.1, 0.15) is 22.3 Å². The van der Waals surface area contributed by atoms with E-state index in [1.54, 1.807) is 29.1 Å². The van der Waals surface area contributed by atoms with Gasteiger partial charge in [-0.3, -0.25) is 19.2 Å². The molecule has 0 radical (unpaired) electrons. The highest BCUT2D eigenvalue weighted by atomic mass is 19.1. The Kier molecular flexibility index (Phi) is 8.81. The minimum Gasteiger partial charge on any atom is -0.369 e. The smallest absolute Gasteiger partial charge is 0.255 e. The van der Waals surface area contributed by atoms with Crippen molar-refractivity contribution in [2.75, 3.05) is 44.6 Å². The van der Waals surface area contributed by atoms with Crippen LogP contribution in [0.3, 0.4) is 0 Å². The molecule has 5 N–H and O–H groups in total. The lowest BCUT2D eigenvalue weighted by Gasteiger charge is -2.33. The number of benzene rings is 1. The van der Waals surface area contributed by atoms with E-state index in [-0.39, 0.29) is 30.2 Å². The van der Waals surface area contributed by atoms with Gasteiger partial charge in [-0.2, -0.15) is 5.10 Å². The van der Waals surface area contributed by atoms with Crippen LogP contribution >= 0.6 is 0 Å². The average Bonchev–Trinajstić information content (AvgIpc) is 3.32. The van der Waals surface area contributed by atoms with E-state index in [0.717, 1.165) is 24.1 Å². The first kappa shape index (κ1) is 26.2. The molecular weight excluding hydrogens is 475 g/mol. The van der Waals surface area contributed by atoms with Crippen molar-refractivity contribution in [3.63, 3.8) is 0 Å². The molecule has 0 aliphatic carbocycles. The summed E-state index contributed by atoms with van der Waals surface area (Å²) < 4.78 is 15.2. The van der Waals surface area contributed by atoms with Crippen LogP contribution in [0.5, 0.6) is 0 Å². The third kappa shape index (κ3) is 7.34. The third-order valence-corrected chi connectivity index (χ3v) is 6.13. The second-order valence-corrected chi connectivity index (χ2v) is 9.15. The van der Waals surface area contributed by atoms with Crippen molar-refractivity contribution in [2.24, 2.45) is 12.8 Å². The number of carbonyl (C=O) groups is 2. The topological polar surface area (TPSA) is 130 Å². The molecule has 1 saturated heterocycles. The number of aromatic nitrogens is 3. The number of anilines is 1. The van der Waals surface area contributed by atoms with Gasteiger partial charge in [-0.15, -0.1) is 0 Å². The SMILES string of the molecule is Cn1cc(-c2ccc(C(=O)NC[C@@H]3CN(CCCN)CC(=O)N3)c(NCCc3cccc(F)c3)n2)cn1. The van der Waals surface area contributed by atoms with Crippen LogP contribution in [-0.4, -0.2) is 76.8 Å². The van der Waals surface area contributed by atoms with Crippen LogP contribution in [0.2, 0.25) is 0 Å². The summed E-state index contributed by atoms with van der Waals surface area (Å²) in [4.78, 5) is 32.0. The van der Waals surface area contributed by atoms with Crippen LogP contribution in [0.15, 0.2) is 48.8 Å². The molecule has 2 amide bonds. The Morgan fingerprint density at radius 1 is 1.30 bits per heavy atom. The zero-order chi connectivity index (χ0) is 26.2. The first-order chi connectivity index (χ1) is 17.9. The molecule has 0 saturated carbocycles. The number of halogens is 1. The fraction of sp³-hybridized carbons (Fsp3) is 0.385. The Morgan fingerprint density at radius 2 is 2.16 bits per heavy atom. The predicted molar refractivity (Wildman–Crippen MR) is 139 cm³/mol. The molecule has 1 fully saturated rings. The Hall–Kier alpha value is -3.83. The summed E-state index contributed by atoms with van der Waals surface area (Å²) in [5.41, 5.74) is 8.32. The van der Waals surface area contributed by atoms with Gasteiger partial charge in [0.15, 0.2) is 0 Å². The van der Waals surface area contributed by atoms with E-state index in [1.165, 1.54) is 12.1 Å². The summed E-state index contributed by atoms with van der Waals surface area (Å²) in [6.45, 7) is 3.04. The van der Waals surface area contributed by atoms with Crippen LogP contribution in [0.25, 0.3) is 11.3 Å². The molecule has 1 aliphatic rings. The molecule has 3 heterocycles. The van der Waals surface area contributed by atoms with Crippen LogP contribution in [0.4, 0.5) is 10.2 Å². The van der Waals surface area contributed by atoms with Gasteiger partial charge in [-0.05, 0) is 55.8 Å². The monoisotopic (exact) mass is 508 g/mol. The number of aryl methyl sites for hydroxylation is 1. The van der Waals surface area contributed by atoms with Gasteiger partial charge in [0, 0.05) is 38.4 Å². The van der Waals surface area contributed by atoms with Gasteiger partial charge >= 0.3 is 0 Å². The molecular formula is C26H33FN8O2. The molecule has 0 unspecified atom stereocenters. The Bertz CT molecular complexity index is 1230. The molecule has 10 nitrogen and oxygen atoms in total. The van der Waals surface area contributed by atoms with Gasteiger partial charge in [0.2, 0.25) is 5.91 Å². The number of pyridine rings is 1. The van der Waals surface area contributed by atoms with E-state index < -0.39 is 0 Å². The summed E-state index contributed by atoms with van der Waals surface area (Å²) in [6.07, 6.45) is 4.93. The van der Waals surface area contributed by atoms with Gasteiger partial charge in [0.1, 0.15) is 11.6 Å². The molecule has 1 aromatic carbocycles. The molecule has 3 aromatic rings. The number of rotatable bonds is 11. The lowest BCUT2D eigenvalue weighted by atomic mass is 10.1. The number of amides is 2. The maximum Gasteiger partial charge on any atom is 0.255 e. The summed E-state index contributed by atoms with van der Waals surface area (Å²) >= 11 is 0. The molecule has 11 heteroatoms. The average molecular weight is 509 g/mol. The van der Waals surface area contributed by atoms with Crippen molar-refractivity contribution in [3.05, 3.63) is 65.7 Å². The standard InChI is InChI=1S/C26H33FN8O2/c1-34-15-19(13-31-34)23-7-6-22(25(33-23)29-10-8-18-4-2-5-20(27)12-18)26(37)30-14-21-16-35(11-3-9-28)17-24(36)32-21/h2,4-7,12-13,15,21H,3,8-11,14,16-17,28H2,1H3,(H,29,33)(H,30,37)(H,32,36)/t21-/m1/s1. The van der Waals surface area contributed by atoms with E-state index in [9.17, 15) is 14.0 Å². The number of carbonyl (C=O) groups excluding carboxylic acids is 2. The minimum absolute atomic E-state index is 0.0651. The van der Waals surface area contributed by atoms with Crippen molar-refractivity contribution in [1.82, 2.24) is 30.3 Å². The number of nitrogens with one attached hydrogen (secondary N) is 3. The lowest BCUT2D eigenvalue weighted by molar-refractivity contribution is -0.125. The first-order valence-electron chi connectivity index (χ1n) is 12.4. The minimum atomic E-state index is -0.299. The summed E-state index contributed by atoms with van der Waals surface area (Å²) in [7, 11) is 1.82. The molecule has 1 atom stereocenters. The van der Waals surface area contributed by atoms with E-state index in [2.05, 4.69) is 26.0 Å². The van der Waals surface area contributed by atoms with E-state index >= 15 is 0 Å². The van der Waals surface area contributed by atoms with Crippen molar-refractivity contribution in [2.45, 2.75) is 18.9 Å². The van der Waals surface area contributed by atoms with E-state index in [0.29, 0.717) is 49.7 Å². The van der Waals surface area contributed by atoms with Crippen LogP contribution < -0.4 is 21.7 Å². The van der Waals surface area contributed by atoms with Crippen molar-refractivity contribution in [3.8, 4) is 11.3 Å². The Morgan fingerprint density at radius 3 is 2.92 bits per heavy atom. The molecule has 0 spiro atoms. The van der Waals surface area contributed by atoms with Crippen molar-refractivity contribution >= 4 is 17.6 Å². The lowest BCUT2D eigenvalue weighted by Crippen LogP contribution is -2.57. The molecule has 37 heavy (non-hydrogen) atoms. The van der Waals surface area contributed by atoms with E-state index in [1.807, 2.05) is 24.2 Å². The van der Waals surface area contributed by atoms with Gasteiger partial charge in [-0.1, -0.05) is 12.1 Å². The highest BCUT2D eigenvalue weighted by Crippen LogP contribution is 2.22. The second kappa shape index (κ2) is 12.4. The molecule has 0 bridgehead atoms. The van der Waals surface area contributed by atoms with Gasteiger partial charge in [0.05, 0.1) is 30.0 Å². The second-order valence-electron chi connectivity index (χ2n) is 9.15. The normalized spacial score (nSPS) is 15.9. The number of hydrogen-bond donors (Lipinski definition) is 4. The Balaban J connectivity index is 1.45. The third-order valence-electron chi connectivity index (χ3n) is 6.13. The fourth-order valence-corrected chi connectivity index (χ4v) is 4.32. The van der Waals surface area contributed by atoms with E-state index in [4.69, 9.17) is 5.73 Å². The zero-order valence-electron chi connectivity index (χ0n) is 20.9. The quantitative estimate of drug-likeness (QED) is 0.306. The van der Waals surface area contributed by atoms with Crippen LogP contribution in [0, 0.1) is 5.82 Å². The fourth-order valence-electron chi connectivity index (χ4n) is 4.32. The van der Waals surface area contributed by atoms with Crippen molar-refractivity contribution < 1.29 is 14.0 Å². The largest absolute Gasteiger partial charge is 0.369 e. The molecule has 1 aliphatic heterocycles. The number of piperazine rings is 1. The summed E-state index contributed by atoms with van der Waals surface area (Å²) in [5.74, 6) is -0.227. The van der Waals surface area contributed by atoms with Crippen molar-refractivity contribution in [1.29, 1.82) is 0 Å². The molecule has 196 valence electrons. The first-order valence-corrected chi connectivity index (χ1v) is 12.4. The highest BCUT2D eigenvalue weighted by Gasteiger charge is 2.25. The van der Waals surface area contributed by atoms with Gasteiger partial charge in [-0.25, -0.2) is 9.37 Å². The number of hydrogen-bond acceptors (Lipinski definition) is 7. The van der Waals surface area contributed by atoms with Gasteiger partial charge in [0.25, 0.3) is 5.91 Å². The predicted octanol–water partition coefficient (Wildman–Crippen LogP) is 1.15. The van der Waals surface area contributed by atoms with Crippen LogP contribution in [-0.2, 0) is 18.3 Å². The Labute approximate surface area is 215 Å². The summed E-state index contributed by atoms with van der Waals surface area (Å²) in [5, 5.41) is 13.3. The highest BCUT2D eigenvalue weighted by molar-refractivity contribution is 5.99. The number of nitrogens with zero attached hydrogens (tertiary/aromatic N) is 4. The molecule has 2 aromatic heterocycles. The van der Waals surface area contributed by atoms with Gasteiger partial charge < -0.3 is 21.7 Å². The maximum absolute atomic E-state index is 13.5. The molecule has 4 rings (SSSR count). The summed E-state index contributed by atoms with van der Waals surface area (Å²) in [6, 6.07) is 9.73. The zero-order valence-corrected chi connectivity index (χ0v) is 20.9. The number of nitrogens with two attached hydrogens (primary N) is 1.